The number of nitrogens with zero attached hydrogens (tertiary/aromatic N) is 2. The molecule has 0 saturated heterocycles. The van der Waals surface area contributed by atoms with Gasteiger partial charge in [0, 0.05) is 13.1 Å². The van der Waals surface area contributed by atoms with Crippen molar-refractivity contribution in [2.45, 2.75) is 25.0 Å². The third-order valence-corrected chi connectivity index (χ3v) is 6.12. The van der Waals surface area contributed by atoms with Crippen LogP contribution in [0.5, 0.6) is 0 Å². The predicted molar refractivity (Wildman–Crippen MR) is 75.0 cm³/mol. The van der Waals surface area contributed by atoms with Gasteiger partial charge in [-0.05, 0) is 13.8 Å². The molecule has 1 heterocycles. The lowest BCUT2D eigenvalue weighted by Crippen LogP contribution is -2.40. The first-order valence-electron chi connectivity index (χ1n) is 5.72. The Bertz CT molecular complexity index is 556. The second kappa shape index (κ2) is 6.65. The Kier molecular flexibility index (Phi) is 5.72. The van der Waals surface area contributed by atoms with Crippen molar-refractivity contribution >= 4 is 38.9 Å². The number of sulfonamides is 1. The molecule has 0 fully saturated rings. The smallest absolute Gasteiger partial charge is 0.254 e. The number of thiazole rings is 1. The summed E-state index contributed by atoms with van der Waals surface area (Å²) in [5.74, 6) is -0.332. The quantitative estimate of drug-likeness (QED) is 0.853. The largest absolute Gasteiger partial charge is 0.355 e. The fraction of sp³-hybridized carbons (Fsp3) is 0.600. The number of carbonyl (C=O) groups excluding carboxylic acids is 1. The summed E-state index contributed by atoms with van der Waals surface area (Å²) in [7, 11) is -3.73. The first-order valence-corrected chi connectivity index (χ1v) is 8.36. The molecule has 1 aromatic rings. The van der Waals surface area contributed by atoms with E-state index in [0.29, 0.717) is 12.2 Å². The molecule has 1 N–H and O–H groups in total. The Balaban J connectivity index is 3.02. The number of hydrogen-bond acceptors (Lipinski definition) is 5. The van der Waals surface area contributed by atoms with Gasteiger partial charge in [0.1, 0.15) is 0 Å². The van der Waals surface area contributed by atoms with Gasteiger partial charge in [-0.3, -0.25) is 4.79 Å². The van der Waals surface area contributed by atoms with Crippen molar-refractivity contribution in [1.82, 2.24) is 14.6 Å². The molecule has 0 saturated carbocycles. The van der Waals surface area contributed by atoms with Gasteiger partial charge in [-0.15, -0.1) is 0 Å². The Morgan fingerprint density at radius 2 is 2.11 bits per heavy atom. The van der Waals surface area contributed by atoms with E-state index in [9.17, 15) is 13.2 Å². The lowest BCUT2D eigenvalue weighted by molar-refractivity contribution is -0.121. The highest BCUT2D eigenvalue weighted by atomic mass is 35.5. The van der Waals surface area contributed by atoms with E-state index in [1.54, 1.807) is 20.8 Å². The molecular formula is C10H16ClN3O3S2. The van der Waals surface area contributed by atoms with Crippen LogP contribution < -0.4 is 5.32 Å². The summed E-state index contributed by atoms with van der Waals surface area (Å²) >= 11 is 6.62. The van der Waals surface area contributed by atoms with E-state index < -0.39 is 10.0 Å². The number of rotatable bonds is 6. The Morgan fingerprint density at radius 3 is 2.53 bits per heavy atom. The van der Waals surface area contributed by atoms with Gasteiger partial charge in [0.05, 0.1) is 12.2 Å². The van der Waals surface area contributed by atoms with Crippen molar-refractivity contribution in [2.75, 3.05) is 19.6 Å². The van der Waals surface area contributed by atoms with E-state index in [-0.39, 0.29) is 27.7 Å². The van der Waals surface area contributed by atoms with E-state index in [1.165, 1.54) is 0 Å². The van der Waals surface area contributed by atoms with Crippen LogP contribution >= 0.6 is 22.9 Å². The Hall–Kier alpha value is -0.700. The van der Waals surface area contributed by atoms with Crippen LogP contribution in [-0.4, -0.2) is 43.2 Å². The molecule has 0 atom stereocenters. The van der Waals surface area contributed by atoms with E-state index in [1.807, 2.05) is 0 Å². The highest BCUT2D eigenvalue weighted by Crippen LogP contribution is 2.29. The molecule has 108 valence electrons. The van der Waals surface area contributed by atoms with Crippen LogP contribution in [-0.2, 0) is 14.8 Å². The first-order chi connectivity index (χ1) is 8.82. The van der Waals surface area contributed by atoms with Crippen LogP contribution in [0.15, 0.2) is 4.21 Å². The molecule has 0 aliphatic carbocycles. The minimum absolute atomic E-state index is 0.0867. The van der Waals surface area contributed by atoms with E-state index in [0.717, 1.165) is 15.6 Å². The average Bonchev–Trinajstić information content (AvgIpc) is 2.66. The number of halogens is 1. The number of amides is 1. The van der Waals surface area contributed by atoms with Crippen molar-refractivity contribution in [3.8, 4) is 0 Å². The summed E-state index contributed by atoms with van der Waals surface area (Å²) in [6.45, 7) is 5.48. The molecular weight excluding hydrogens is 310 g/mol. The van der Waals surface area contributed by atoms with Gasteiger partial charge in [0.2, 0.25) is 5.91 Å². The number of hydrogen-bond donors (Lipinski definition) is 1. The standard InChI is InChI=1S/C10H16ClN3O3S2/c1-4-12-8(15)6-14(5-2)19(16,17)9-7(3)13-10(11)18-9/h4-6H2,1-3H3,(H,12,15). The molecule has 0 radical (unpaired) electrons. The maximum Gasteiger partial charge on any atom is 0.254 e. The van der Waals surface area contributed by atoms with Crippen molar-refractivity contribution < 1.29 is 13.2 Å². The van der Waals surface area contributed by atoms with Crippen LogP contribution in [0.2, 0.25) is 4.47 Å². The van der Waals surface area contributed by atoms with Gasteiger partial charge >= 0.3 is 0 Å². The maximum absolute atomic E-state index is 12.4. The number of likely N-dealkylation sites (N-methyl/N-ethyl adjacent to an activating group) is 2. The maximum atomic E-state index is 12.4. The third-order valence-electron chi connectivity index (χ3n) is 2.35. The molecule has 0 unspecified atom stereocenters. The number of aromatic nitrogens is 1. The number of aryl methyl sites for hydroxylation is 1. The van der Waals surface area contributed by atoms with Gasteiger partial charge in [-0.25, -0.2) is 13.4 Å². The monoisotopic (exact) mass is 325 g/mol. The molecule has 1 aromatic heterocycles. The highest BCUT2D eigenvalue weighted by molar-refractivity contribution is 7.91. The topological polar surface area (TPSA) is 79.4 Å². The van der Waals surface area contributed by atoms with Crippen molar-refractivity contribution in [1.29, 1.82) is 0 Å². The van der Waals surface area contributed by atoms with Crippen LogP contribution in [0, 0.1) is 6.92 Å². The lowest BCUT2D eigenvalue weighted by atomic mass is 10.5. The molecule has 0 bridgehead atoms. The molecule has 0 aliphatic heterocycles. The minimum Gasteiger partial charge on any atom is -0.355 e. The fourth-order valence-electron chi connectivity index (χ4n) is 1.49. The zero-order valence-electron chi connectivity index (χ0n) is 10.9. The van der Waals surface area contributed by atoms with Gasteiger partial charge < -0.3 is 5.32 Å². The Labute approximate surface area is 121 Å². The van der Waals surface area contributed by atoms with Gasteiger partial charge in [-0.2, -0.15) is 4.31 Å². The number of nitrogens with one attached hydrogen (secondary N) is 1. The third kappa shape index (κ3) is 3.88. The molecule has 0 spiro atoms. The predicted octanol–water partition coefficient (Wildman–Crippen LogP) is 1.25. The van der Waals surface area contributed by atoms with E-state index in [2.05, 4.69) is 10.3 Å². The van der Waals surface area contributed by atoms with Crippen LogP contribution in [0.25, 0.3) is 0 Å². The molecule has 19 heavy (non-hydrogen) atoms. The molecule has 6 nitrogen and oxygen atoms in total. The van der Waals surface area contributed by atoms with Crippen molar-refractivity contribution in [3.05, 3.63) is 10.2 Å². The second-order valence-electron chi connectivity index (χ2n) is 3.72. The zero-order valence-corrected chi connectivity index (χ0v) is 13.3. The fourth-order valence-corrected chi connectivity index (χ4v) is 4.77. The van der Waals surface area contributed by atoms with Crippen molar-refractivity contribution in [2.24, 2.45) is 0 Å². The average molecular weight is 326 g/mol. The van der Waals surface area contributed by atoms with Gasteiger partial charge in [-0.1, -0.05) is 29.9 Å². The lowest BCUT2D eigenvalue weighted by Gasteiger charge is -2.19. The summed E-state index contributed by atoms with van der Waals surface area (Å²) in [6, 6.07) is 0. The second-order valence-corrected chi connectivity index (χ2v) is 7.44. The molecule has 0 aromatic carbocycles. The minimum atomic E-state index is -3.73. The van der Waals surface area contributed by atoms with E-state index in [4.69, 9.17) is 11.6 Å². The van der Waals surface area contributed by atoms with E-state index >= 15 is 0 Å². The summed E-state index contributed by atoms with van der Waals surface area (Å²) in [4.78, 5) is 15.4. The first kappa shape index (κ1) is 16.4. The highest BCUT2D eigenvalue weighted by Gasteiger charge is 2.29. The van der Waals surface area contributed by atoms with Gasteiger partial charge in [0.15, 0.2) is 8.68 Å². The number of carbonyl (C=O) groups is 1. The molecule has 9 heteroatoms. The zero-order chi connectivity index (χ0) is 14.6. The summed E-state index contributed by atoms with van der Waals surface area (Å²) < 4.78 is 26.2. The van der Waals surface area contributed by atoms with Gasteiger partial charge in [0.25, 0.3) is 10.0 Å². The summed E-state index contributed by atoms with van der Waals surface area (Å²) in [5.41, 5.74) is 0.351. The summed E-state index contributed by atoms with van der Waals surface area (Å²) in [5, 5.41) is 2.57. The summed E-state index contributed by atoms with van der Waals surface area (Å²) in [6.07, 6.45) is 0. The Morgan fingerprint density at radius 1 is 1.47 bits per heavy atom. The molecule has 1 amide bonds. The van der Waals surface area contributed by atoms with Crippen LogP contribution in [0.4, 0.5) is 0 Å². The van der Waals surface area contributed by atoms with Crippen LogP contribution in [0.3, 0.4) is 0 Å². The molecule has 1 rings (SSSR count). The SMILES string of the molecule is CCNC(=O)CN(CC)S(=O)(=O)c1sc(Cl)nc1C. The normalized spacial score (nSPS) is 11.8. The van der Waals surface area contributed by atoms with Crippen LogP contribution in [0.1, 0.15) is 19.5 Å². The van der Waals surface area contributed by atoms with Crippen molar-refractivity contribution in [3.63, 3.8) is 0 Å². The molecule has 0 aliphatic rings.